The number of sulfonamides is 1. The first kappa shape index (κ1) is 41.3. The summed E-state index contributed by atoms with van der Waals surface area (Å²) in [5.74, 6) is 0.554. The van der Waals surface area contributed by atoms with Crippen molar-refractivity contribution in [2.24, 2.45) is 11.3 Å². The number of aromatic amines is 1. The van der Waals surface area contributed by atoms with Crippen molar-refractivity contribution in [3.8, 4) is 17.4 Å². The number of aromatic nitrogens is 2. The standard InChI is InChI=1S/C45H49BrClN5O6S/c1-45(2)15-11-33(39(26-45)31-3-5-34(47)6-4-31)28-51-17-19-52(20-18-51)35-7-9-38(42(24-35)58-36-8-10-41-32(23-36)12-16-48-41)43(53)50-59(54,55)37-25-40(46)44(49-27-37)57-29-30-13-21-56-22-14-30/h3-10,12,16,23-25,27,30,48H,11,13-15,17-22,26,28-29H2,1-2H3,(H,50,53). The first-order valence-corrected chi connectivity index (χ1v) is 22.8. The summed E-state index contributed by atoms with van der Waals surface area (Å²) >= 11 is 9.65. The Labute approximate surface area is 359 Å². The van der Waals surface area contributed by atoms with Crippen LogP contribution in [0.1, 0.15) is 61.9 Å². The zero-order valence-electron chi connectivity index (χ0n) is 33.3. The molecule has 8 rings (SSSR count). The molecule has 3 aromatic carbocycles. The van der Waals surface area contributed by atoms with Gasteiger partial charge in [0, 0.05) is 79.8 Å². The van der Waals surface area contributed by atoms with Crippen molar-refractivity contribution in [2.75, 3.05) is 57.4 Å². The normalized spacial score (nSPS) is 17.9. The zero-order valence-corrected chi connectivity index (χ0v) is 36.5. The Morgan fingerprint density at radius 3 is 2.56 bits per heavy atom. The lowest BCUT2D eigenvalue weighted by molar-refractivity contribution is 0.0489. The summed E-state index contributed by atoms with van der Waals surface area (Å²) < 4.78 is 47.5. The van der Waals surface area contributed by atoms with Crippen LogP contribution in [0.5, 0.6) is 17.4 Å². The Bertz CT molecular complexity index is 2460. The van der Waals surface area contributed by atoms with Gasteiger partial charge in [0.05, 0.1) is 22.8 Å². The Balaban J connectivity index is 0.986. The molecular formula is C45H49BrClN5O6S. The number of piperazine rings is 1. The van der Waals surface area contributed by atoms with E-state index in [1.165, 1.54) is 29.0 Å². The van der Waals surface area contributed by atoms with E-state index in [1.807, 2.05) is 54.7 Å². The summed E-state index contributed by atoms with van der Waals surface area (Å²) in [7, 11) is -4.32. The van der Waals surface area contributed by atoms with Crippen molar-refractivity contribution in [3.05, 3.63) is 111 Å². The fourth-order valence-electron chi connectivity index (χ4n) is 8.11. The Morgan fingerprint density at radius 2 is 1.80 bits per heavy atom. The first-order valence-electron chi connectivity index (χ1n) is 20.2. The average Bonchev–Trinajstić information content (AvgIpc) is 3.70. The molecular weight excluding hydrogens is 854 g/mol. The summed E-state index contributed by atoms with van der Waals surface area (Å²) in [6, 6.07) is 22.5. The molecule has 0 atom stereocenters. The minimum atomic E-state index is -4.32. The predicted molar refractivity (Wildman–Crippen MR) is 235 cm³/mol. The van der Waals surface area contributed by atoms with Gasteiger partial charge in [-0.1, -0.05) is 43.2 Å². The van der Waals surface area contributed by atoms with Gasteiger partial charge in [0.1, 0.15) is 16.4 Å². The van der Waals surface area contributed by atoms with Gasteiger partial charge < -0.3 is 24.1 Å². The Morgan fingerprint density at radius 1 is 1.02 bits per heavy atom. The number of allylic oxidation sites excluding steroid dienone is 1. The molecule has 310 valence electrons. The number of carbonyl (C=O) groups excluding carboxylic acids is 1. The van der Waals surface area contributed by atoms with Crippen LogP contribution in [0.15, 0.2) is 100 Å². The Hall–Kier alpha value is -4.40. The molecule has 2 N–H and O–H groups in total. The number of nitrogens with zero attached hydrogens (tertiary/aromatic N) is 3. The lowest BCUT2D eigenvalue weighted by atomic mass is 9.72. The second kappa shape index (κ2) is 17.7. The number of halogens is 2. The second-order valence-electron chi connectivity index (χ2n) is 16.5. The largest absolute Gasteiger partial charge is 0.477 e. The third kappa shape index (κ3) is 9.98. The molecule has 3 aliphatic rings. The molecule has 4 heterocycles. The number of carbonyl (C=O) groups is 1. The maximum Gasteiger partial charge on any atom is 0.268 e. The molecule has 5 aromatic rings. The summed E-state index contributed by atoms with van der Waals surface area (Å²) in [6.45, 7) is 10.7. The van der Waals surface area contributed by atoms with Gasteiger partial charge in [-0.05, 0) is 125 Å². The van der Waals surface area contributed by atoms with Gasteiger partial charge in [0.2, 0.25) is 5.88 Å². The maximum absolute atomic E-state index is 13.9. The summed E-state index contributed by atoms with van der Waals surface area (Å²) in [6.07, 6.45) is 8.10. The number of H-pyrrole nitrogens is 1. The van der Waals surface area contributed by atoms with Crippen molar-refractivity contribution in [1.29, 1.82) is 0 Å². The second-order valence-corrected chi connectivity index (χ2v) is 19.4. The van der Waals surface area contributed by atoms with E-state index in [9.17, 15) is 13.2 Å². The van der Waals surface area contributed by atoms with Gasteiger partial charge in [0.15, 0.2) is 0 Å². The van der Waals surface area contributed by atoms with E-state index >= 15 is 0 Å². The number of amides is 1. The van der Waals surface area contributed by atoms with Gasteiger partial charge in [-0.25, -0.2) is 18.1 Å². The molecule has 11 nitrogen and oxygen atoms in total. The minimum Gasteiger partial charge on any atom is -0.477 e. The monoisotopic (exact) mass is 901 g/mol. The highest BCUT2D eigenvalue weighted by Crippen LogP contribution is 2.43. The van der Waals surface area contributed by atoms with Crippen LogP contribution in [0.2, 0.25) is 5.02 Å². The molecule has 59 heavy (non-hydrogen) atoms. The molecule has 0 radical (unpaired) electrons. The predicted octanol–water partition coefficient (Wildman–Crippen LogP) is 9.48. The first-order chi connectivity index (χ1) is 28.4. The summed E-state index contributed by atoms with van der Waals surface area (Å²) in [5, 5.41) is 1.69. The van der Waals surface area contributed by atoms with Crippen molar-refractivity contribution in [3.63, 3.8) is 0 Å². The number of nitrogens with one attached hydrogen (secondary N) is 2. The average molecular weight is 903 g/mol. The highest BCUT2D eigenvalue weighted by Gasteiger charge is 2.30. The molecule has 2 fully saturated rings. The van der Waals surface area contributed by atoms with E-state index in [4.69, 9.17) is 25.8 Å². The molecule has 2 aromatic heterocycles. The van der Waals surface area contributed by atoms with Crippen LogP contribution in [-0.2, 0) is 14.8 Å². The smallest absolute Gasteiger partial charge is 0.268 e. The Kier molecular flexibility index (Phi) is 12.4. The van der Waals surface area contributed by atoms with Crippen LogP contribution in [-0.4, -0.2) is 81.7 Å². The van der Waals surface area contributed by atoms with Gasteiger partial charge in [-0.3, -0.25) is 9.69 Å². The third-order valence-corrected chi connectivity index (χ3v) is 13.7. The number of anilines is 1. The fraction of sp³-hybridized carbons (Fsp3) is 0.378. The van der Waals surface area contributed by atoms with Crippen LogP contribution in [0.3, 0.4) is 0 Å². The van der Waals surface area contributed by atoms with Crippen LogP contribution in [0.25, 0.3) is 16.5 Å². The number of hydrogen-bond donors (Lipinski definition) is 2. The molecule has 1 aliphatic carbocycles. The van der Waals surface area contributed by atoms with Gasteiger partial charge in [-0.2, -0.15) is 0 Å². The maximum atomic E-state index is 13.9. The van der Waals surface area contributed by atoms with Crippen molar-refractivity contribution in [1.82, 2.24) is 19.6 Å². The number of fused-ring (bicyclic) bond motifs is 1. The summed E-state index contributed by atoms with van der Waals surface area (Å²) in [5.41, 5.74) is 6.34. The fourth-order valence-corrected chi connectivity index (χ4v) is 9.78. The van der Waals surface area contributed by atoms with Crippen LogP contribution >= 0.6 is 27.5 Å². The molecule has 14 heteroatoms. The number of pyridine rings is 1. The molecule has 1 amide bonds. The molecule has 2 saturated heterocycles. The van der Waals surface area contributed by atoms with E-state index in [0.717, 1.165) is 86.4 Å². The zero-order chi connectivity index (χ0) is 41.1. The van der Waals surface area contributed by atoms with E-state index in [-0.39, 0.29) is 27.5 Å². The van der Waals surface area contributed by atoms with Crippen molar-refractivity contribution >= 4 is 65.6 Å². The number of benzene rings is 3. The molecule has 0 saturated carbocycles. The van der Waals surface area contributed by atoms with Crippen molar-refractivity contribution in [2.45, 2.75) is 50.8 Å². The van der Waals surface area contributed by atoms with E-state index in [0.29, 0.717) is 36.0 Å². The summed E-state index contributed by atoms with van der Waals surface area (Å²) in [4.78, 5) is 25.9. The number of rotatable bonds is 12. The SMILES string of the molecule is CC1(C)CCC(CN2CCN(c3ccc(C(=O)NS(=O)(=O)c4cnc(OCC5CCOCC5)c(Br)c4)c(Oc4ccc5[nH]ccc5c4)c3)CC2)=C(c2ccc(Cl)cc2)C1. The minimum absolute atomic E-state index is 0.0791. The topological polar surface area (TPSA) is 126 Å². The number of hydrogen-bond acceptors (Lipinski definition) is 9. The van der Waals surface area contributed by atoms with Gasteiger partial charge in [0.25, 0.3) is 15.9 Å². The van der Waals surface area contributed by atoms with Gasteiger partial charge in [-0.15, -0.1) is 0 Å². The van der Waals surface area contributed by atoms with E-state index in [2.05, 4.69) is 66.4 Å². The number of ether oxygens (including phenoxy) is 3. The molecule has 0 bridgehead atoms. The van der Waals surface area contributed by atoms with Crippen LogP contribution < -0.4 is 19.1 Å². The van der Waals surface area contributed by atoms with Crippen LogP contribution in [0.4, 0.5) is 5.69 Å². The van der Waals surface area contributed by atoms with Gasteiger partial charge >= 0.3 is 0 Å². The lowest BCUT2D eigenvalue weighted by Gasteiger charge is -2.39. The highest BCUT2D eigenvalue weighted by atomic mass is 79.9. The molecule has 0 unspecified atom stereocenters. The van der Waals surface area contributed by atoms with Crippen molar-refractivity contribution < 1.29 is 27.4 Å². The lowest BCUT2D eigenvalue weighted by Crippen LogP contribution is -2.47. The van der Waals surface area contributed by atoms with E-state index < -0.39 is 15.9 Å². The van der Waals surface area contributed by atoms with Crippen LogP contribution in [0, 0.1) is 11.3 Å². The quantitative estimate of drug-likeness (QED) is 0.126. The molecule has 2 aliphatic heterocycles. The highest BCUT2D eigenvalue weighted by molar-refractivity contribution is 9.10. The molecule has 0 spiro atoms. The van der Waals surface area contributed by atoms with E-state index in [1.54, 1.807) is 6.07 Å². The third-order valence-electron chi connectivity index (χ3n) is 11.6.